The summed E-state index contributed by atoms with van der Waals surface area (Å²) in [6.45, 7) is 8.10. The van der Waals surface area contributed by atoms with E-state index in [0.717, 1.165) is 5.56 Å². The Bertz CT molecular complexity index is 1050. The van der Waals surface area contributed by atoms with Crippen LogP contribution in [-0.4, -0.2) is 21.8 Å². The summed E-state index contributed by atoms with van der Waals surface area (Å²) >= 11 is 0. The third-order valence-corrected chi connectivity index (χ3v) is 4.14. The molecule has 0 aromatic carbocycles. The zero-order valence-electron chi connectivity index (χ0n) is 14.8. The number of nitrogens with zero attached hydrogens (tertiary/aromatic N) is 3. The first-order valence-electron chi connectivity index (χ1n) is 8.30. The first-order chi connectivity index (χ1) is 11.8. The maximum absolute atomic E-state index is 13.0. The Hall–Kier alpha value is -2.96. The lowest BCUT2D eigenvalue weighted by Gasteiger charge is -2.14. The van der Waals surface area contributed by atoms with E-state index in [1.54, 1.807) is 22.9 Å². The number of anilines is 1. The standard InChI is InChI=1S/C18H21N5O2/c1-5-20-17(24)12-8-13-16(23(10(2)3)15(12)19)21-14-7-6-11(4)9-22(14)18(13)25/h6-10,19H,5H2,1-4H3,(H,20,24)/p+1. The average Bonchev–Trinajstić information content (AvgIpc) is 2.55. The van der Waals surface area contributed by atoms with Crippen molar-refractivity contribution in [1.82, 2.24) is 14.7 Å². The Morgan fingerprint density at radius 3 is 2.76 bits per heavy atom. The summed E-state index contributed by atoms with van der Waals surface area (Å²) in [6.07, 6.45) is 1.74. The van der Waals surface area contributed by atoms with E-state index in [2.05, 4.69) is 10.3 Å². The predicted octanol–water partition coefficient (Wildman–Crippen LogP) is 1.36. The van der Waals surface area contributed by atoms with Crippen molar-refractivity contribution >= 4 is 28.4 Å². The Morgan fingerprint density at radius 2 is 2.12 bits per heavy atom. The number of nitrogens with one attached hydrogen (secondary N) is 1. The summed E-state index contributed by atoms with van der Waals surface area (Å²) < 4.78 is 3.24. The fourth-order valence-corrected chi connectivity index (χ4v) is 2.98. The van der Waals surface area contributed by atoms with Crippen LogP contribution in [0.4, 0.5) is 5.82 Å². The Kier molecular flexibility index (Phi) is 4.16. The fourth-order valence-electron chi connectivity index (χ4n) is 2.98. The van der Waals surface area contributed by atoms with Crippen LogP contribution in [0.1, 0.15) is 42.7 Å². The zero-order chi connectivity index (χ0) is 18.3. The van der Waals surface area contributed by atoms with Crippen molar-refractivity contribution in [2.24, 2.45) is 0 Å². The smallest absolute Gasteiger partial charge is 0.278 e. The van der Waals surface area contributed by atoms with Crippen molar-refractivity contribution in [2.45, 2.75) is 33.7 Å². The van der Waals surface area contributed by atoms with Gasteiger partial charge in [0.25, 0.3) is 17.1 Å². The minimum atomic E-state index is -0.301. The Morgan fingerprint density at radius 1 is 1.40 bits per heavy atom. The lowest BCUT2D eigenvalue weighted by Crippen LogP contribution is -2.44. The summed E-state index contributed by atoms with van der Waals surface area (Å²) in [6, 6.07) is 5.18. The highest BCUT2D eigenvalue weighted by Gasteiger charge is 2.25. The number of nitrogen functional groups attached to an aromatic ring is 1. The van der Waals surface area contributed by atoms with Gasteiger partial charge in [-0.25, -0.2) is 4.57 Å². The molecule has 3 aromatic rings. The van der Waals surface area contributed by atoms with E-state index >= 15 is 0 Å². The minimum absolute atomic E-state index is 0.0586. The molecule has 0 saturated heterocycles. The van der Waals surface area contributed by atoms with Crippen molar-refractivity contribution in [1.29, 1.82) is 0 Å². The van der Waals surface area contributed by atoms with Crippen molar-refractivity contribution < 1.29 is 9.36 Å². The molecular weight excluding hydrogens is 318 g/mol. The van der Waals surface area contributed by atoms with Gasteiger partial charge in [0, 0.05) is 12.7 Å². The van der Waals surface area contributed by atoms with Crippen LogP contribution in [0.3, 0.4) is 0 Å². The van der Waals surface area contributed by atoms with Crippen LogP contribution >= 0.6 is 0 Å². The number of carbonyl (C=O) groups excluding carboxylic acids is 1. The van der Waals surface area contributed by atoms with E-state index in [-0.39, 0.29) is 23.1 Å². The second-order valence-electron chi connectivity index (χ2n) is 6.36. The van der Waals surface area contributed by atoms with Crippen LogP contribution in [0.15, 0.2) is 29.2 Å². The van der Waals surface area contributed by atoms with Gasteiger partial charge in [0.05, 0.1) is 6.04 Å². The summed E-state index contributed by atoms with van der Waals surface area (Å²) in [4.78, 5) is 30.0. The molecule has 0 aliphatic carbocycles. The number of carbonyl (C=O) groups is 1. The number of nitrogens with two attached hydrogens (primary N) is 1. The Labute approximate surface area is 145 Å². The second kappa shape index (κ2) is 6.16. The third-order valence-electron chi connectivity index (χ3n) is 4.14. The van der Waals surface area contributed by atoms with E-state index < -0.39 is 0 Å². The lowest BCUT2D eigenvalue weighted by atomic mass is 10.1. The van der Waals surface area contributed by atoms with Crippen LogP contribution in [0.5, 0.6) is 0 Å². The number of hydrogen-bond donors (Lipinski definition) is 2. The third kappa shape index (κ3) is 2.71. The van der Waals surface area contributed by atoms with Gasteiger partial charge < -0.3 is 11.1 Å². The van der Waals surface area contributed by atoms with E-state index in [1.807, 2.05) is 33.8 Å². The van der Waals surface area contributed by atoms with E-state index in [9.17, 15) is 9.59 Å². The maximum atomic E-state index is 13.0. The van der Waals surface area contributed by atoms with Gasteiger partial charge in [-0.15, -0.1) is 0 Å². The van der Waals surface area contributed by atoms with Gasteiger partial charge in [0.2, 0.25) is 11.5 Å². The van der Waals surface area contributed by atoms with E-state index in [1.165, 1.54) is 4.40 Å². The van der Waals surface area contributed by atoms with E-state index in [4.69, 9.17) is 5.73 Å². The van der Waals surface area contributed by atoms with Gasteiger partial charge in [-0.2, -0.15) is 0 Å². The van der Waals surface area contributed by atoms with Crippen LogP contribution in [0.2, 0.25) is 0 Å². The molecule has 0 radical (unpaired) electrons. The molecule has 3 heterocycles. The van der Waals surface area contributed by atoms with Crippen LogP contribution in [0, 0.1) is 6.92 Å². The van der Waals surface area contributed by atoms with Gasteiger partial charge in [0.1, 0.15) is 10.9 Å². The monoisotopic (exact) mass is 340 g/mol. The molecule has 3 aromatic heterocycles. The van der Waals surface area contributed by atoms with Gasteiger partial charge in [-0.1, -0.05) is 11.1 Å². The van der Waals surface area contributed by atoms with Gasteiger partial charge in [-0.3, -0.25) is 14.0 Å². The molecule has 130 valence electrons. The molecule has 7 nitrogen and oxygen atoms in total. The summed E-state index contributed by atoms with van der Waals surface area (Å²) in [7, 11) is 0. The van der Waals surface area contributed by atoms with Crippen molar-refractivity contribution in [3.8, 4) is 0 Å². The maximum Gasteiger partial charge on any atom is 0.278 e. The number of hydrogen-bond acceptors (Lipinski definition) is 4. The summed E-state index contributed by atoms with van der Waals surface area (Å²) in [5.74, 6) is 0.00171. The predicted molar refractivity (Wildman–Crippen MR) is 96.7 cm³/mol. The molecule has 3 N–H and O–H groups in total. The number of rotatable bonds is 3. The molecule has 3 rings (SSSR count). The molecule has 1 amide bonds. The molecule has 0 spiro atoms. The van der Waals surface area contributed by atoms with Crippen LogP contribution in [0.25, 0.3) is 16.7 Å². The number of pyridine rings is 2. The van der Waals surface area contributed by atoms with Crippen LogP contribution < -0.4 is 21.2 Å². The van der Waals surface area contributed by atoms with E-state index in [0.29, 0.717) is 29.0 Å². The molecule has 25 heavy (non-hydrogen) atoms. The number of aryl methyl sites for hydroxylation is 1. The molecule has 0 fully saturated rings. The lowest BCUT2D eigenvalue weighted by molar-refractivity contribution is -0.679. The minimum Gasteiger partial charge on any atom is -0.352 e. The molecule has 0 aliphatic rings. The Balaban J connectivity index is 2.49. The van der Waals surface area contributed by atoms with Crippen molar-refractivity contribution in [2.75, 3.05) is 12.3 Å². The molecule has 0 aliphatic heterocycles. The molecule has 0 atom stereocenters. The average molecular weight is 340 g/mol. The molecule has 7 heteroatoms. The second-order valence-corrected chi connectivity index (χ2v) is 6.36. The van der Waals surface area contributed by atoms with Gasteiger partial charge in [-0.05, 0) is 45.4 Å². The van der Waals surface area contributed by atoms with Gasteiger partial charge in [0.15, 0.2) is 0 Å². The SMILES string of the molecule is CCNC(=O)c1cc2c(=O)n3cc(C)ccc3nc2[n+](C(C)C)c1N. The first kappa shape index (κ1) is 16.9. The van der Waals surface area contributed by atoms with Crippen LogP contribution in [-0.2, 0) is 0 Å². The van der Waals surface area contributed by atoms with Gasteiger partial charge >= 0.3 is 0 Å². The normalized spacial score (nSPS) is 11.4. The highest BCUT2D eigenvalue weighted by Crippen LogP contribution is 2.17. The number of fused-ring (bicyclic) bond motifs is 2. The molecular formula is C18H22N5O2+. The molecule has 0 unspecified atom stereocenters. The fraction of sp³-hybridized carbons (Fsp3) is 0.333. The molecule has 0 bridgehead atoms. The topological polar surface area (TPSA) is 93.4 Å². The molecule has 0 saturated carbocycles. The number of aromatic nitrogens is 3. The largest absolute Gasteiger partial charge is 0.352 e. The van der Waals surface area contributed by atoms with Crippen molar-refractivity contribution in [3.05, 3.63) is 45.9 Å². The highest BCUT2D eigenvalue weighted by atomic mass is 16.1. The summed E-state index contributed by atoms with van der Waals surface area (Å²) in [5, 5.41) is 3.11. The quantitative estimate of drug-likeness (QED) is 0.556. The van der Waals surface area contributed by atoms with Crippen molar-refractivity contribution in [3.63, 3.8) is 0 Å². The summed E-state index contributed by atoms with van der Waals surface area (Å²) in [5.41, 5.74) is 8.30. The highest BCUT2D eigenvalue weighted by molar-refractivity contribution is 6.00. The number of amides is 1. The zero-order valence-corrected chi connectivity index (χ0v) is 14.8. The first-order valence-corrected chi connectivity index (χ1v) is 8.30.